The fraction of sp³-hybridized carbons (Fsp3) is 0.381. The molecule has 142 valence electrons. The Labute approximate surface area is 158 Å². The van der Waals surface area contributed by atoms with Crippen LogP contribution in [0.25, 0.3) is 11.3 Å². The van der Waals surface area contributed by atoms with Crippen molar-refractivity contribution in [3.8, 4) is 11.3 Å². The van der Waals surface area contributed by atoms with E-state index in [9.17, 15) is 14.7 Å². The van der Waals surface area contributed by atoms with Gasteiger partial charge < -0.3 is 15.5 Å². The van der Waals surface area contributed by atoms with Crippen molar-refractivity contribution < 1.29 is 19.8 Å². The van der Waals surface area contributed by atoms with Gasteiger partial charge in [-0.1, -0.05) is 31.4 Å². The second kappa shape index (κ2) is 8.77. The number of carboxylic acids is 1. The fourth-order valence-corrected chi connectivity index (χ4v) is 3.61. The van der Waals surface area contributed by atoms with Crippen LogP contribution < -0.4 is 5.32 Å². The summed E-state index contributed by atoms with van der Waals surface area (Å²) in [6.45, 7) is -0.0552. The molecule has 1 fully saturated rings. The Morgan fingerprint density at radius 2 is 1.78 bits per heavy atom. The lowest BCUT2D eigenvalue weighted by Gasteiger charge is -2.29. The predicted octanol–water partition coefficient (Wildman–Crippen LogP) is 3.12. The summed E-state index contributed by atoms with van der Waals surface area (Å²) in [5.74, 6) is -0.888. The summed E-state index contributed by atoms with van der Waals surface area (Å²) in [4.78, 5) is 27.8. The number of hydrogen-bond acceptors (Lipinski definition) is 4. The van der Waals surface area contributed by atoms with E-state index in [0.29, 0.717) is 17.2 Å². The van der Waals surface area contributed by atoms with Gasteiger partial charge in [-0.25, -0.2) is 4.79 Å². The lowest BCUT2D eigenvalue weighted by atomic mass is 9.84. The molecule has 0 saturated heterocycles. The Balaban J connectivity index is 1.69. The molecule has 0 radical (unpaired) electrons. The number of carbonyl (C=O) groups is 2. The lowest BCUT2D eigenvalue weighted by Crippen LogP contribution is -2.43. The smallest absolute Gasteiger partial charge is 0.335 e. The zero-order valence-electron chi connectivity index (χ0n) is 15.1. The van der Waals surface area contributed by atoms with Gasteiger partial charge >= 0.3 is 5.97 Å². The highest BCUT2D eigenvalue weighted by Crippen LogP contribution is 2.26. The van der Waals surface area contributed by atoms with Crippen molar-refractivity contribution in [1.82, 2.24) is 10.3 Å². The number of aromatic carboxylic acids is 1. The number of carboxylic acid groups (broad SMARTS) is 1. The van der Waals surface area contributed by atoms with Crippen molar-refractivity contribution in [3.63, 3.8) is 0 Å². The number of carbonyl (C=O) groups excluding carboxylic acids is 1. The number of aliphatic hydroxyl groups is 1. The van der Waals surface area contributed by atoms with Crippen LogP contribution in [-0.2, 0) is 0 Å². The van der Waals surface area contributed by atoms with Crippen LogP contribution in [0.1, 0.15) is 52.8 Å². The van der Waals surface area contributed by atoms with Crippen LogP contribution in [0.2, 0.25) is 0 Å². The van der Waals surface area contributed by atoms with Crippen LogP contribution in [0.3, 0.4) is 0 Å². The Morgan fingerprint density at radius 1 is 1.07 bits per heavy atom. The molecule has 1 amide bonds. The first kappa shape index (κ1) is 19.0. The monoisotopic (exact) mass is 368 g/mol. The molecule has 0 unspecified atom stereocenters. The minimum atomic E-state index is -1.01. The first-order valence-corrected chi connectivity index (χ1v) is 9.30. The summed E-state index contributed by atoms with van der Waals surface area (Å²) < 4.78 is 0. The van der Waals surface area contributed by atoms with Crippen molar-refractivity contribution in [2.24, 2.45) is 5.92 Å². The van der Waals surface area contributed by atoms with Gasteiger partial charge in [0.1, 0.15) is 0 Å². The van der Waals surface area contributed by atoms with Gasteiger partial charge in [-0.2, -0.15) is 0 Å². The van der Waals surface area contributed by atoms with Crippen LogP contribution in [0, 0.1) is 5.92 Å². The normalized spacial score (nSPS) is 15.9. The summed E-state index contributed by atoms with van der Waals surface area (Å²) >= 11 is 0. The topological polar surface area (TPSA) is 99.5 Å². The highest BCUT2D eigenvalue weighted by Gasteiger charge is 2.24. The van der Waals surface area contributed by atoms with Gasteiger partial charge in [-0.15, -0.1) is 0 Å². The number of rotatable bonds is 6. The largest absolute Gasteiger partial charge is 0.478 e. The van der Waals surface area contributed by atoms with E-state index in [4.69, 9.17) is 5.11 Å². The predicted molar refractivity (Wildman–Crippen MR) is 102 cm³/mol. The molecule has 3 N–H and O–H groups in total. The third-order valence-corrected chi connectivity index (χ3v) is 5.18. The molecule has 1 heterocycles. The summed E-state index contributed by atoms with van der Waals surface area (Å²) in [7, 11) is 0. The maximum absolute atomic E-state index is 12.5. The highest BCUT2D eigenvalue weighted by molar-refractivity contribution is 5.95. The molecule has 1 aromatic carbocycles. The van der Waals surface area contributed by atoms with Gasteiger partial charge in [-0.05, 0) is 43.0 Å². The second-order valence-corrected chi connectivity index (χ2v) is 6.97. The van der Waals surface area contributed by atoms with E-state index in [1.807, 2.05) is 0 Å². The number of aliphatic hydroxyl groups excluding tert-OH is 1. The number of nitrogens with one attached hydrogen (secondary N) is 1. The van der Waals surface area contributed by atoms with E-state index in [1.54, 1.807) is 24.3 Å². The Morgan fingerprint density at radius 3 is 2.41 bits per heavy atom. The van der Waals surface area contributed by atoms with Gasteiger partial charge in [0.05, 0.1) is 23.9 Å². The maximum Gasteiger partial charge on any atom is 0.335 e. The van der Waals surface area contributed by atoms with Crippen LogP contribution in [0.15, 0.2) is 42.6 Å². The van der Waals surface area contributed by atoms with Crippen molar-refractivity contribution in [3.05, 3.63) is 53.7 Å². The highest BCUT2D eigenvalue weighted by atomic mass is 16.4. The minimum absolute atomic E-state index is 0.0552. The van der Waals surface area contributed by atoms with E-state index in [2.05, 4.69) is 10.3 Å². The Bertz CT molecular complexity index is 798. The number of benzene rings is 1. The van der Waals surface area contributed by atoms with E-state index < -0.39 is 5.97 Å². The van der Waals surface area contributed by atoms with Gasteiger partial charge in [-0.3, -0.25) is 9.78 Å². The minimum Gasteiger partial charge on any atom is -0.478 e. The quantitative estimate of drug-likeness (QED) is 0.727. The maximum atomic E-state index is 12.5. The summed E-state index contributed by atoms with van der Waals surface area (Å²) in [5.41, 5.74) is 1.94. The third kappa shape index (κ3) is 4.71. The molecule has 1 atom stereocenters. The van der Waals surface area contributed by atoms with Crippen molar-refractivity contribution in [2.75, 3.05) is 6.61 Å². The molecule has 1 aromatic heterocycles. The molecule has 1 saturated carbocycles. The summed E-state index contributed by atoms with van der Waals surface area (Å²) in [6.07, 6.45) is 7.05. The molecule has 0 aliphatic heterocycles. The zero-order chi connectivity index (χ0) is 19.2. The van der Waals surface area contributed by atoms with Crippen molar-refractivity contribution in [2.45, 2.75) is 38.1 Å². The Hall–Kier alpha value is -2.73. The number of hydrogen-bond donors (Lipinski definition) is 3. The van der Waals surface area contributed by atoms with E-state index >= 15 is 0 Å². The lowest BCUT2D eigenvalue weighted by molar-refractivity contribution is 0.0696. The van der Waals surface area contributed by atoms with Crippen molar-refractivity contribution in [1.29, 1.82) is 0 Å². The number of aromatic nitrogens is 1. The summed E-state index contributed by atoms with van der Waals surface area (Å²) in [5, 5.41) is 21.7. The number of amides is 1. The van der Waals surface area contributed by atoms with E-state index in [1.165, 1.54) is 24.8 Å². The average molecular weight is 368 g/mol. The molecule has 1 aliphatic rings. The number of nitrogens with zero attached hydrogens (tertiary/aromatic N) is 1. The SMILES string of the molecule is O=C(O)c1ccnc(-c2ccc(C(=O)N[C@H](CO)C3CCCCC3)cc2)c1. The van der Waals surface area contributed by atoms with Crippen LogP contribution in [0.4, 0.5) is 0 Å². The van der Waals surface area contributed by atoms with E-state index in [0.717, 1.165) is 31.2 Å². The van der Waals surface area contributed by atoms with E-state index in [-0.39, 0.29) is 24.1 Å². The summed E-state index contributed by atoms with van der Waals surface area (Å²) in [6, 6.07) is 9.60. The average Bonchev–Trinajstić information content (AvgIpc) is 2.72. The molecule has 2 aromatic rings. The van der Waals surface area contributed by atoms with Gasteiger partial charge in [0, 0.05) is 17.3 Å². The molecule has 6 heteroatoms. The molecule has 1 aliphatic carbocycles. The molecular weight excluding hydrogens is 344 g/mol. The first-order chi connectivity index (χ1) is 13.1. The third-order valence-electron chi connectivity index (χ3n) is 5.18. The second-order valence-electron chi connectivity index (χ2n) is 6.97. The molecule has 6 nitrogen and oxygen atoms in total. The Kier molecular flexibility index (Phi) is 6.19. The fourth-order valence-electron chi connectivity index (χ4n) is 3.61. The van der Waals surface area contributed by atoms with Crippen LogP contribution in [0.5, 0.6) is 0 Å². The van der Waals surface area contributed by atoms with Crippen molar-refractivity contribution >= 4 is 11.9 Å². The van der Waals surface area contributed by atoms with Gasteiger partial charge in [0.2, 0.25) is 0 Å². The first-order valence-electron chi connectivity index (χ1n) is 9.30. The molecule has 27 heavy (non-hydrogen) atoms. The van der Waals surface area contributed by atoms with Crippen LogP contribution in [-0.4, -0.2) is 39.7 Å². The standard InChI is InChI=1S/C21H24N2O4/c24-13-19(14-4-2-1-3-5-14)23-20(25)16-8-6-15(7-9-16)18-12-17(21(26)27)10-11-22-18/h6-12,14,19,24H,1-5,13H2,(H,23,25)(H,26,27)/t19-/m1/s1. The molecule has 0 spiro atoms. The number of pyridine rings is 1. The van der Waals surface area contributed by atoms with Crippen LogP contribution >= 0.6 is 0 Å². The van der Waals surface area contributed by atoms with Gasteiger partial charge in [0.15, 0.2) is 0 Å². The molecular formula is C21H24N2O4. The molecule has 0 bridgehead atoms. The zero-order valence-corrected chi connectivity index (χ0v) is 15.1. The molecule has 3 rings (SSSR count). The van der Waals surface area contributed by atoms with Gasteiger partial charge in [0.25, 0.3) is 5.91 Å².